The van der Waals surface area contributed by atoms with Gasteiger partial charge < -0.3 is 9.80 Å². The molecule has 0 saturated heterocycles. The van der Waals surface area contributed by atoms with Crippen LogP contribution in [0.25, 0.3) is 0 Å². The smallest absolute Gasteiger partial charge is 0.253 e. The number of rotatable bonds is 10. The summed E-state index contributed by atoms with van der Waals surface area (Å²) in [6.45, 7) is 9.14. The maximum atomic E-state index is 12.6. The molecule has 1 amide bonds. The van der Waals surface area contributed by atoms with E-state index in [9.17, 15) is 13.2 Å². The molecule has 0 heterocycles. The topological polar surface area (TPSA) is 69.7 Å². The number of nitrogens with zero attached hydrogens (tertiary/aromatic N) is 2. The Labute approximate surface area is 174 Å². The highest BCUT2D eigenvalue weighted by Gasteiger charge is 2.17. The van der Waals surface area contributed by atoms with Crippen molar-refractivity contribution in [1.29, 1.82) is 0 Å². The minimum Gasteiger partial charge on any atom is -0.339 e. The van der Waals surface area contributed by atoms with Gasteiger partial charge in [0.25, 0.3) is 5.91 Å². The molecule has 0 saturated carbocycles. The molecule has 2 aromatic carbocycles. The van der Waals surface area contributed by atoms with Crippen molar-refractivity contribution >= 4 is 15.9 Å². The van der Waals surface area contributed by atoms with E-state index in [1.54, 1.807) is 17.0 Å². The fourth-order valence-corrected chi connectivity index (χ4v) is 4.01. The van der Waals surface area contributed by atoms with Crippen LogP contribution in [0.3, 0.4) is 0 Å². The summed E-state index contributed by atoms with van der Waals surface area (Å²) in [5, 5.41) is 0. The lowest BCUT2D eigenvalue weighted by Crippen LogP contribution is -2.30. The molecule has 2 rings (SSSR count). The van der Waals surface area contributed by atoms with Crippen molar-refractivity contribution in [3.05, 3.63) is 65.2 Å². The maximum Gasteiger partial charge on any atom is 0.253 e. The molecule has 1 N–H and O–H groups in total. The molecule has 0 aliphatic heterocycles. The van der Waals surface area contributed by atoms with Crippen molar-refractivity contribution in [1.82, 2.24) is 14.5 Å². The Morgan fingerprint density at radius 2 is 1.55 bits per heavy atom. The molecule has 0 aliphatic carbocycles. The standard InChI is InChI=1S/C22H31N3O3S/c1-5-24(4)17-19-10-8-9-18(15-19)16-23-29(27,28)21-13-11-20(12-14-21)22(26)25(6-2)7-3/h8-15,23H,5-7,16-17H2,1-4H3. The molecule has 0 fully saturated rings. The number of carbonyl (C=O) groups is 1. The third-order valence-corrected chi connectivity index (χ3v) is 6.33. The molecule has 6 nitrogen and oxygen atoms in total. The summed E-state index contributed by atoms with van der Waals surface area (Å²) in [5.41, 5.74) is 2.54. The lowest BCUT2D eigenvalue weighted by molar-refractivity contribution is 0.0773. The van der Waals surface area contributed by atoms with Crippen molar-refractivity contribution in [2.24, 2.45) is 0 Å². The Morgan fingerprint density at radius 3 is 2.14 bits per heavy atom. The Kier molecular flexibility index (Phi) is 8.37. The quantitative estimate of drug-likeness (QED) is 0.645. The van der Waals surface area contributed by atoms with Gasteiger partial charge in [0.15, 0.2) is 0 Å². The zero-order valence-corrected chi connectivity index (χ0v) is 18.5. The van der Waals surface area contributed by atoms with Crippen molar-refractivity contribution in [2.45, 2.75) is 38.8 Å². The molecule has 2 aromatic rings. The first kappa shape index (κ1) is 23.1. The van der Waals surface area contributed by atoms with Crippen LogP contribution in [0.4, 0.5) is 0 Å². The van der Waals surface area contributed by atoms with Gasteiger partial charge in [-0.25, -0.2) is 13.1 Å². The van der Waals surface area contributed by atoms with E-state index in [1.807, 2.05) is 45.2 Å². The van der Waals surface area contributed by atoms with Crippen molar-refractivity contribution in [2.75, 3.05) is 26.7 Å². The Hall–Kier alpha value is -2.22. The second-order valence-corrected chi connectivity index (χ2v) is 8.74. The van der Waals surface area contributed by atoms with Gasteiger partial charge in [-0.2, -0.15) is 0 Å². The lowest BCUT2D eigenvalue weighted by atomic mass is 10.1. The first-order chi connectivity index (χ1) is 13.8. The van der Waals surface area contributed by atoms with Gasteiger partial charge in [-0.3, -0.25) is 4.79 Å². The van der Waals surface area contributed by atoms with Crippen LogP contribution < -0.4 is 4.72 Å². The number of hydrogen-bond donors (Lipinski definition) is 1. The third-order valence-electron chi connectivity index (χ3n) is 4.91. The van der Waals surface area contributed by atoms with E-state index in [4.69, 9.17) is 0 Å². The first-order valence-corrected chi connectivity index (χ1v) is 11.4. The van der Waals surface area contributed by atoms with Crippen LogP contribution in [0.15, 0.2) is 53.4 Å². The molecule has 0 bridgehead atoms. The molecule has 158 valence electrons. The van der Waals surface area contributed by atoms with Crippen molar-refractivity contribution in [3.8, 4) is 0 Å². The van der Waals surface area contributed by atoms with E-state index in [-0.39, 0.29) is 17.3 Å². The molecule has 0 aliphatic rings. The largest absolute Gasteiger partial charge is 0.339 e. The normalized spacial score (nSPS) is 11.6. The summed E-state index contributed by atoms with van der Waals surface area (Å²) in [6, 6.07) is 14.0. The fourth-order valence-electron chi connectivity index (χ4n) is 2.99. The van der Waals surface area contributed by atoms with Gasteiger partial charge >= 0.3 is 0 Å². The summed E-state index contributed by atoms with van der Waals surface area (Å²) in [7, 11) is -1.61. The highest BCUT2D eigenvalue weighted by atomic mass is 32.2. The molecule has 7 heteroatoms. The number of sulfonamides is 1. The minimum atomic E-state index is -3.66. The van der Waals surface area contributed by atoms with Crippen LogP contribution in [-0.2, 0) is 23.1 Å². The zero-order chi connectivity index (χ0) is 21.4. The summed E-state index contributed by atoms with van der Waals surface area (Å²) in [5.74, 6) is -0.0965. The third kappa shape index (κ3) is 6.39. The number of nitrogens with one attached hydrogen (secondary N) is 1. The Balaban J connectivity index is 2.06. The van der Waals surface area contributed by atoms with Crippen LogP contribution in [0.5, 0.6) is 0 Å². The predicted octanol–water partition coefficient (Wildman–Crippen LogP) is 3.10. The van der Waals surface area contributed by atoms with Crippen molar-refractivity contribution < 1.29 is 13.2 Å². The second-order valence-electron chi connectivity index (χ2n) is 6.98. The second kappa shape index (κ2) is 10.5. The summed E-state index contributed by atoms with van der Waals surface area (Å²) < 4.78 is 27.9. The number of benzene rings is 2. The monoisotopic (exact) mass is 417 g/mol. The maximum absolute atomic E-state index is 12.6. The van der Waals surface area contributed by atoms with E-state index < -0.39 is 10.0 Å². The van der Waals surface area contributed by atoms with E-state index >= 15 is 0 Å². The van der Waals surface area contributed by atoms with Gasteiger partial charge in [0.2, 0.25) is 10.0 Å². The highest BCUT2D eigenvalue weighted by Crippen LogP contribution is 2.14. The first-order valence-electron chi connectivity index (χ1n) is 9.96. The van der Waals surface area contributed by atoms with Crippen LogP contribution in [-0.4, -0.2) is 50.8 Å². The predicted molar refractivity (Wildman–Crippen MR) is 116 cm³/mol. The SMILES string of the molecule is CCN(C)Cc1cccc(CNS(=O)(=O)c2ccc(C(=O)N(CC)CC)cc2)c1. The highest BCUT2D eigenvalue weighted by molar-refractivity contribution is 7.89. The number of hydrogen-bond acceptors (Lipinski definition) is 4. The molecule has 0 atom stereocenters. The zero-order valence-electron chi connectivity index (χ0n) is 17.7. The van der Waals surface area contributed by atoms with Crippen LogP contribution in [0.2, 0.25) is 0 Å². The lowest BCUT2D eigenvalue weighted by Gasteiger charge is -2.18. The Bertz CT molecular complexity index is 907. The van der Waals surface area contributed by atoms with Gasteiger partial charge in [-0.15, -0.1) is 0 Å². The Morgan fingerprint density at radius 1 is 0.931 bits per heavy atom. The van der Waals surface area contributed by atoms with Gasteiger partial charge in [0.1, 0.15) is 0 Å². The summed E-state index contributed by atoms with van der Waals surface area (Å²) >= 11 is 0. The van der Waals surface area contributed by atoms with Crippen LogP contribution >= 0.6 is 0 Å². The summed E-state index contributed by atoms with van der Waals surface area (Å²) in [4.78, 5) is 16.4. The molecular weight excluding hydrogens is 386 g/mol. The van der Waals surface area contributed by atoms with Crippen molar-refractivity contribution in [3.63, 3.8) is 0 Å². The molecule has 0 aromatic heterocycles. The average Bonchev–Trinajstić information content (AvgIpc) is 2.73. The van der Waals surface area contributed by atoms with E-state index in [0.29, 0.717) is 18.7 Å². The average molecular weight is 418 g/mol. The van der Waals surface area contributed by atoms with Crippen LogP contribution in [0.1, 0.15) is 42.3 Å². The number of amides is 1. The van der Waals surface area contributed by atoms with Crippen LogP contribution in [0, 0.1) is 0 Å². The van der Waals surface area contributed by atoms with Gasteiger partial charge in [0, 0.05) is 31.7 Å². The fraction of sp³-hybridized carbons (Fsp3) is 0.409. The minimum absolute atomic E-state index is 0.0965. The molecule has 29 heavy (non-hydrogen) atoms. The van der Waals surface area contributed by atoms with Gasteiger partial charge in [0.05, 0.1) is 4.90 Å². The summed E-state index contributed by atoms with van der Waals surface area (Å²) in [6.07, 6.45) is 0. The molecular formula is C22H31N3O3S. The van der Waals surface area contributed by atoms with E-state index in [1.165, 1.54) is 12.1 Å². The van der Waals surface area contributed by atoms with E-state index in [0.717, 1.165) is 24.2 Å². The van der Waals surface area contributed by atoms with E-state index in [2.05, 4.69) is 16.5 Å². The molecule has 0 spiro atoms. The molecule has 0 radical (unpaired) electrons. The molecule has 0 unspecified atom stereocenters. The number of carbonyl (C=O) groups excluding carboxylic acids is 1. The van der Waals surface area contributed by atoms with Gasteiger partial charge in [-0.1, -0.05) is 31.2 Å². The van der Waals surface area contributed by atoms with Gasteiger partial charge in [-0.05, 0) is 62.8 Å².